The van der Waals surface area contributed by atoms with Crippen molar-refractivity contribution in [3.8, 4) is 0 Å². The first-order valence-electron chi connectivity index (χ1n) is 27.7. The Hall–Kier alpha value is -3.67. The molecule has 0 spiro atoms. The van der Waals surface area contributed by atoms with Gasteiger partial charge in [-0.1, -0.05) is 246 Å². The van der Waals surface area contributed by atoms with Crippen molar-refractivity contribution in [1.82, 2.24) is 0 Å². The Morgan fingerprint density at radius 2 is 0.582 bits per heavy atom. The van der Waals surface area contributed by atoms with Gasteiger partial charge in [-0.3, -0.25) is 14.4 Å². The number of hydrogen-bond acceptors (Lipinski definition) is 6. The summed E-state index contributed by atoms with van der Waals surface area (Å²) in [6, 6.07) is 0. The quantitative estimate of drug-likeness (QED) is 0.0262. The first-order valence-corrected chi connectivity index (χ1v) is 27.7. The zero-order valence-electron chi connectivity index (χ0n) is 43.6. The van der Waals surface area contributed by atoms with Crippen LogP contribution in [0.3, 0.4) is 0 Å². The van der Waals surface area contributed by atoms with E-state index in [-0.39, 0.29) is 31.1 Å². The molecule has 0 radical (unpaired) electrons. The van der Waals surface area contributed by atoms with Crippen LogP contribution in [-0.4, -0.2) is 37.2 Å². The van der Waals surface area contributed by atoms with Gasteiger partial charge in [0.2, 0.25) is 0 Å². The summed E-state index contributed by atoms with van der Waals surface area (Å²) in [7, 11) is 0. The van der Waals surface area contributed by atoms with E-state index in [9.17, 15) is 14.4 Å². The summed E-state index contributed by atoms with van der Waals surface area (Å²) in [6.07, 6.45) is 73.2. The van der Waals surface area contributed by atoms with Crippen LogP contribution in [0.5, 0.6) is 0 Å². The van der Waals surface area contributed by atoms with Gasteiger partial charge in [0.15, 0.2) is 6.10 Å². The van der Waals surface area contributed by atoms with E-state index in [0.29, 0.717) is 19.3 Å². The largest absolute Gasteiger partial charge is 0.462 e. The van der Waals surface area contributed by atoms with Gasteiger partial charge in [-0.25, -0.2) is 0 Å². The van der Waals surface area contributed by atoms with E-state index in [2.05, 4.69) is 118 Å². The summed E-state index contributed by atoms with van der Waals surface area (Å²) in [4.78, 5) is 37.5. The Kier molecular flexibility index (Phi) is 51.9. The van der Waals surface area contributed by atoms with Crippen molar-refractivity contribution in [2.24, 2.45) is 0 Å². The molecule has 0 amide bonds. The van der Waals surface area contributed by atoms with Gasteiger partial charge in [0.25, 0.3) is 0 Å². The van der Waals surface area contributed by atoms with Crippen LogP contribution in [-0.2, 0) is 28.6 Å². The van der Waals surface area contributed by atoms with Gasteiger partial charge in [-0.15, -0.1) is 0 Å². The molecular formula is C61H102O6. The molecule has 67 heavy (non-hydrogen) atoms. The first kappa shape index (κ1) is 63.3. The van der Waals surface area contributed by atoms with Gasteiger partial charge in [-0.2, -0.15) is 0 Å². The molecule has 0 fully saturated rings. The maximum atomic E-state index is 12.6. The fourth-order valence-electron chi connectivity index (χ4n) is 7.46. The lowest BCUT2D eigenvalue weighted by atomic mass is 10.1. The molecule has 0 aliphatic carbocycles. The summed E-state index contributed by atoms with van der Waals surface area (Å²) >= 11 is 0. The average Bonchev–Trinajstić information content (AvgIpc) is 3.33. The molecule has 6 heteroatoms. The molecule has 0 saturated heterocycles. The minimum Gasteiger partial charge on any atom is -0.462 e. The second-order valence-corrected chi connectivity index (χ2v) is 18.1. The molecule has 6 nitrogen and oxygen atoms in total. The number of rotatable bonds is 49. The van der Waals surface area contributed by atoms with Gasteiger partial charge < -0.3 is 14.2 Å². The van der Waals surface area contributed by atoms with E-state index in [4.69, 9.17) is 14.2 Å². The minimum absolute atomic E-state index is 0.0766. The van der Waals surface area contributed by atoms with E-state index in [1.54, 1.807) is 0 Å². The maximum absolute atomic E-state index is 12.6. The highest BCUT2D eigenvalue weighted by Crippen LogP contribution is 2.15. The van der Waals surface area contributed by atoms with Crippen molar-refractivity contribution >= 4 is 17.9 Å². The fraction of sp³-hybridized carbons (Fsp3) is 0.689. The van der Waals surface area contributed by atoms with Gasteiger partial charge >= 0.3 is 17.9 Å². The highest BCUT2D eigenvalue weighted by molar-refractivity contribution is 5.71. The number of ether oxygens (including phenoxy) is 3. The number of carbonyl (C=O) groups excluding carboxylic acids is 3. The van der Waals surface area contributed by atoms with Crippen LogP contribution < -0.4 is 0 Å². The molecule has 0 aliphatic heterocycles. The third-order valence-corrected chi connectivity index (χ3v) is 11.6. The summed E-state index contributed by atoms with van der Waals surface area (Å²) in [5.41, 5.74) is 0. The Morgan fingerprint density at radius 3 is 0.910 bits per heavy atom. The molecular weight excluding hydrogens is 829 g/mol. The summed E-state index contributed by atoms with van der Waals surface area (Å²) < 4.78 is 16.6. The van der Waals surface area contributed by atoms with E-state index in [1.165, 1.54) is 96.3 Å². The summed E-state index contributed by atoms with van der Waals surface area (Å²) in [6.45, 7) is 6.41. The van der Waals surface area contributed by atoms with Crippen LogP contribution in [0.15, 0.2) is 97.2 Å². The molecule has 0 N–H and O–H groups in total. The molecule has 0 aromatic heterocycles. The monoisotopic (exact) mass is 931 g/mol. The van der Waals surface area contributed by atoms with E-state index < -0.39 is 6.10 Å². The fourth-order valence-corrected chi connectivity index (χ4v) is 7.46. The zero-order chi connectivity index (χ0) is 48.6. The van der Waals surface area contributed by atoms with Crippen LogP contribution in [0.25, 0.3) is 0 Å². The predicted molar refractivity (Wildman–Crippen MR) is 288 cm³/mol. The van der Waals surface area contributed by atoms with E-state index in [0.717, 1.165) is 116 Å². The maximum Gasteiger partial charge on any atom is 0.306 e. The Morgan fingerprint density at radius 1 is 0.313 bits per heavy atom. The minimum atomic E-state index is -0.770. The third-order valence-electron chi connectivity index (χ3n) is 11.6. The van der Waals surface area contributed by atoms with Crippen LogP contribution in [0.4, 0.5) is 0 Å². The smallest absolute Gasteiger partial charge is 0.306 e. The molecule has 0 bridgehead atoms. The topological polar surface area (TPSA) is 78.9 Å². The third kappa shape index (κ3) is 53.2. The molecule has 382 valence electrons. The SMILES string of the molecule is CC/C=C\C/C=C\C/C=C\C/C=C\C/C=C\C/C=C\C/C=C\C/C=C\CCCCCCCCCCCCC(=O)OCC(COC(=O)CCCCCCC)OC(=O)CCCCCCCCCCC. The number of hydrogen-bond donors (Lipinski definition) is 0. The van der Waals surface area contributed by atoms with Crippen LogP contribution in [0.1, 0.15) is 252 Å². The van der Waals surface area contributed by atoms with E-state index in [1.807, 2.05) is 0 Å². The second kappa shape index (κ2) is 54.9. The van der Waals surface area contributed by atoms with Crippen LogP contribution in [0, 0.1) is 0 Å². The second-order valence-electron chi connectivity index (χ2n) is 18.1. The lowest BCUT2D eigenvalue weighted by Crippen LogP contribution is -2.30. The lowest BCUT2D eigenvalue weighted by Gasteiger charge is -2.18. The predicted octanol–water partition coefficient (Wildman–Crippen LogP) is 18.5. The molecule has 1 atom stereocenters. The number of unbranched alkanes of at least 4 members (excludes halogenated alkanes) is 22. The molecule has 0 aliphatic rings. The molecule has 0 saturated carbocycles. The highest BCUT2D eigenvalue weighted by Gasteiger charge is 2.19. The first-order chi connectivity index (χ1) is 33.0. The van der Waals surface area contributed by atoms with Crippen molar-refractivity contribution in [3.63, 3.8) is 0 Å². The van der Waals surface area contributed by atoms with Gasteiger partial charge in [0, 0.05) is 19.3 Å². The number of allylic oxidation sites excluding steroid dienone is 16. The van der Waals surface area contributed by atoms with Crippen molar-refractivity contribution in [2.45, 2.75) is 258 Å². The van der Waals surface area contributed by atoms with Crippen LogP contribution in [0.2, 0.25) is 0 Å². The van der Waals surface area contributed by atoms with Crippen molar-refractivity contribution < 1.29 is 28.6 Å². The average molecular weight is 931 g/mol. The Bertz CT molecular complexity index is 1350. The zero-order valence-corrected chi connectivity index (χ0v) is 43.6. The van der Waals surface area contributed by atoms with Gasteiger partial charge in [0.05, 0.1) is 0 Å². The van der Waals surface area contributed by atoms with Gasteiger partial charge in [-0.05, 0) is 83.5 Å². The Labute approximate surface area is 413 Å². The molecule has 1 unspecified atom stereocenters. The summed E-state index contributed by atoms with van der Waals surface area (Å²) in [5.74, 6) is -0.899. The standard InChI is InChI=1S/C61H102O6/c1-4-7-10-13-15-17-18-19-20-21-22-23-24-25-26-27-28-29-30-31-32-33-34-35-36-37-38-39-40-41-42-44-45-48-51-54-60(63)66-57-58(56-65-59(62)53-50-47-12-9-6-3)67-61(64)55-52-49-46-43-16-14-11-8-5-2/h7,10,15,17,19-20,22-23,25-26,28-29,31-32,34-35,58H,4-6,8-9,11-14,16,18,21,24,27,30,33,36-57H2,1-3H3/b10-7-,17-15-,20-19-,23-22-,26-25-,29-28-,32-31-,35-34-. The van der Waals surface area contributed by atoms with Crippen molar-refractivity contribution in [3.05, 3.63) is 97.2 Å². The number of carbonyl (C=O) groups is 3. The molecule has 0 rings (SSSR count). The lowest BCUT2D eigenvalue weighted by molar-refractivity contribution is -0.167. The van der Waals surface area contributed by atoms with Gasteiger partial charge in [0.1, 0.15) is 13.2 Å². The molecule has 0 aromatic rings. The molecule has 0 heterocycles. The Balaban J connectivity index is 3.95. The normalized spacial score (nSPS) is 12.8. The van der Waals surface area contributed by atoms with Crippen molar-refractivity contribution in [1.29, 1.82) is 0 Å². The highest BCUT2D eigenvalue weighted by atomic mass is 16.6. The molecule has 0 aromatic carbocycles. The van der Waals surface area contributed by atoms with E-state index >= 15 is 0 Å². The summed E-state index contributed by atoms with van der Waals surface area (Å²) in [5, 5.41) is 0. The van der Waals surface area contributed by atoms with Crippen LogP contribution >= 0.6 is 0 Å². The van der Waals surface area contributed by atoms with Crippen molar-refractivity contribution in [2.75, 3.05) is 13.2 Å². The number of esters is 3.